The van der Waals surface area contributed by atoms with Gasteiger partial charge in [0.1, 0.15) is 11.8 Å². The van der Waals surface area contributed by atoms with E-state index in [4.69, 9.17) is 4.74 Å². The summed E-state index contributed by atoms with van der Waals surface area (Å²) in [5.41, 5.74) is 3.10. The van der Waals surface area contributed by atoms with Crippen LogP contribution in [0.3, 0.4) is 0 Å². The summed E-state index contributed by atoms with van der Waals surface area (Å²) >= 11 is 1.56. The highest BCUT2D eigenvalue weighted by Crippen LogP contribution is 2.20. The van der Waals surface area contributed by atoms with E-state index in [1.165, 1.54) is 5.56 Å². The molecule has 2 amide bonds. The smallest absolute Gasteiger partial charge is 0.243 e. The van der Waals surface area contributed by atoms with Crippen LogP contribution in [0.2, 0.25) is 0 Å². The van der Waals surface area contributed by atoms with Crippen LogP contribution >= 0.6 is 11.8 Å². The number of methoxy groups -OCH3 is 1. The summed E-state index contributed by atoms with van der Waals surface area (Å²) in [6, 6.07) is 26.9. The molecule has 0 saturated heterocycles. The van der Waals surface area contributed by atoms with Gasteiger partial charge in [0, 0.05) is 25.3 Å². The number of likely N-dealkylation sites (N-methyl/N-ethyl adjacent to an activating group) is 1. The Balaban J connectivity index is 1.84. The highest BCUT2D eigenvalue weighted by Gasteiger charge is 2.30. The van der Waals surface area contributed by atoms with Crippen LogP contribution < -0.4 is 10.1 Å². The van der Waals surface area contributed by atoms with E-state index in [0.29, 0.717) is 25.3 Å². The van der Waals surface area contributed by atoms with Gasteiger partial charge >= 0.3 is 0 Å². The predicted molar refractivity (Wildman–Crippen MR) is 139 cm³/mol. The maximum Gasteiger partial charge on any atom is 0.243 e. The lowest BCUT2D eigenvalue weighted by Crippen LogP contribution is -2.51. The topological polar surface area (TPSA) is 58.6 Å². The lowest BCUT2D eigenvalue weighted by atomic mass is 10.0. The van der Waals surface area contributed by atoms with Gasteiger partial charge in [-0.15, -0.1) is 11.8 Å². The van der Waals surface area contributed by atoms with E-state index in [9.17, 15) is 9.59 Å². The summed E-state index contributed by atoms with van der Waals surface area (Å²) in [6.45, 7) is 2.73. The molecular weight excluding hydrogens is 444 g/mol. The van der Waals surface area contributed by atoms with Gasteiger partial charge < -0.3 is 15.0 Å². The van der Waals surface area contributed by atoms with E-state index in [1.54, 1.807) is 23.8 Å². The molecule has 0 radical (unpaired) electrons. The molecule has 0 aliphatic carbocycles. The van der Waals surface area contributed by atoms with E-state index in [2.05, 4.69) is 17.4 Å². The Morgan fingerprint density at radius 2 is 1.56 bits per heavy atom. The molecule has 0 fully saturated rings. The summed E-state index contributed by atoms with van der Waals surface area (Å²) < 4.78 is 5.37. The number of benzene rings is 3. The molecule has 0 aromatic heterocycles. The van der Waals surface area contributed by atoms with Crippen molar-refractivity contribution in [3.05, 3.63) is 102 Å². The normalized spacial score (nSPS) is 11.5. The van der Waals surface area contributed by atoms with Crippen LogP contribution in [0.5, 0.6) is 5.75 Å². The first-order valence-electron chi connectivity index (χ1n) is 11.5. The minimum atomic E-state index is -0.613. The van der Waals surface area contributed by atoms with Gasteiger partial charge in [-0.3, -0.25) is 9.59 Å². The number of carbonyl (C=O) groups excluding carboxylic acids is 2. The summed E-state index contributed by atoms with van der Waals surface area (Å²) in [7, 11) is 1.62. The molecule has 5 nitrogen and oxygen atoms in total. The first-order chi connectivity index (χ1) is 16.6. The third-order valence-corrected chi connectivity index (χ3v) is 6.43. The first-order valence-corrected chi connectivity index (χ1v) is 12.6. The number of nitrogens with zero attached hydrogens (tertiary/aromatic N) is 1. The first kappa shape index (κ1) is 25.4. The third-order valence-electron chi connectivity index (χ3n) is 5.45. The maximum atomic E-state index is 13.5. The van der Waals surface area contributed by atoms with Crippen LogP contribution in [0.4, 0.5) is 0 Å². The minimum absolute atomic E-state index is 0.0593. The Morgan fingerprint density at radius 3 is 2.21 bits per heavy atom. The molecule has 0 bridgehead atoms. The van der Waals surface area contributed by atoms with Crippen molar-refractivity contribution in [2.24, 2.45) is 0 Å². The van der Waals surface area contributed by atoms with Crippen molar-refractivity contribution in [3.63, 3.8) is 0 Å². The van der Waals surface area contributed by atoms with Crippen molar-refractivity contribution in [3.8, 4) is 5.75 Å². The summed E-state index contributed by atoms with van der Waals surface area (Å²) in [4.78, 5) is 28.4. The van der Waals surface area contributed by atoms with Crippen molar-refractivity contribution in [2.45, 2.75) is 31.7 Å². The summed E-state index contributed by atoms with van der Waals surface area (Å²) in [5, 5.41) is 2.93. The lowest BCUT2D eigenvalue weighted by Gasteiger charge is -2.31. The number of amides is 2. The zero-order valence-electron chi connectivity index (χ0n) is 19.8. The molecule has 0 saturated carbocycles. The average Bonchev–Trinajstić information content (AvgIpc) is 2.87. The molecule has 178 valence electrons. The van der Waals surface area contributed by atoms with Crippen molar-refractivity contribution >= 4 is 23.6 Å². The molecule has 3 rings (SSSR count). The van der Waals surface area contributed by atoms with E-state index < -0.39 is 6.04 Å². The van der Waals surface area contributed by atoms with Crippen LogP contribution in [0.15, 0.2) is 84.9 Å². The van der Waals surface area contributed by atoms with Crippen LogP contribution in [0.1, 0.15) is 23.6 Å². The van der Waals surface area contributed by atoms with Gasteiger partial charge in [0.25, 0.3) is 0 Å². The molecule has 1 N–H and O–H groups in total. The van der Waals surface area contributed by atoms with Gasteiger partial charge in [0.15, 0.2) is 0 Å². The van der Waals surface area contributed by atoms with Gasteiger partial charge in [-0.25, -0.2) is 0 Å². The molecule has 3 aromatic carbocycles. The fraction of sp³-hybridized carbons (Fsp3) is 0.286. The quantitative estimate of drug-likeness (QED) is 0.412. The fourth-order valence-electron chi connectivity index (χ4n) is 3.73. The van der Waals surface area contributed by atoms with Gasteiger partial charge in [0.05, 0.1) is 12.9 Å². The highest BCUT2D eigenvalue weighted by molar-refractivity contribution is 7.99. The largest absolute Gasteiger partial charge is 0.497 e. The zero-order valence-corrected chi connectivity index (χ0v) is 20.6. The maximum absolute atomic E-state index is 13.5. The van der Waals surface area contributed by atoms with Crippen LogP contribution in [-0.2, 0) is 28.3 Å². The van der Waals surface area contributed by atoms with Crippen molar-refractivity contribution in [1.82, 2.24) is 10.2 Å². The molecule has 1 atom stereocenters. The highest BCUT2D eigenvalue weighted by atomic mass is 32.2. The second-order valence-electron chi connectivity index (χ2n) is 7.95. The Morgan fingerprint density at radius 1 is 0.912 bits per heavy atom. The Bertz CT molecular complexity index is 1040. The molecule has 0 unspecified atom stereocenters. The van der Waals surface area contributed by atoms with E-state index in [0.717, 1.165) is 22.6 Å². The van der Waals surface area contributed by atoms with Crippen molar-refractivity contribution in [1.29, 1.82) is 0 Å². The van der Waals surface area contributed by atoms with Crippen molar-refractivity contribution < 1.29 is 14.3 Å². The molecule has 0 aliphatic heterocycles. The second-order valence-corrected chi connectivity index (χ2v) is 8.94. The zero-order chi connectivity index (χ0) is 24.2. The van der Waals surface area contributed by atoms with Crippen molar-refractivity contribution in [2.75, 3.05) is 19.4 Å². The molecule has 0 spiro atoms. The number of hydrogen-bond donors (Lipinski definition) is 1. The van der Waals surface area contributed by atoms with Gasteiger partial charge in [-0.2, -0.15) is 0 Å². The second kappa shape index (κ2) is 13.5. The average molecular weight is 477 g/mol. The number of ether oxygens (including phenoxy) is 1. The Kier molecular flexibility index (Phi) is 10.0. The lowest BCUT2D eigenvalue weighted by molar-refractivity contribution is -0.139. The number of thioether (sulfide) groups is 1. The number of hydrogen-bond acceptors (Lipinski definition) is 4. The summed E-state index contributed by atoms with van der Waals surface area (Å²) in [5.74, 6) is 1.56. The molecule has 34 heavy (non-hydrogen) atoms. The Labute approximate surface area is 206 Å². The monoisotopic (exact) mass is 476 g/mol. The van der Waals surface area contributed by atoms with Crippen LogP contribution in [0, 0.1) is 0 Å². The minimum Gasteiger partial charge on any atom is -0.497 e. The van der Waals surface area contributed by atoms with Crippen LogP contribution in [0.25, 0.3) is 0 Å². The van der Waals surface area contributed by atoms with Gasteiger partial charge in [-0.05, 0) is 35.7 Å². The number of rotatable bonds is 12. The molecular formula is C28H32N2O3S. The Hall–Kier alpha value is -3.25. The SMILES string of the molecule is CCNC(=O)[C@H](Cc1ccccc1)N(Cc1cccc(OC)c1)C(=O)CSCc1ccccc1. The van der Waals surface area contributed by atoms with Crippen LogP contribution in [-0.4, -0.2) is 42.2 Å². The standard InChI is InChI=1S/C28H32N2O3S/c1-3-29-28(32)26(18-22-11-6-4-7-12-22)30(19-24-15-10-16-25(17-24)33-2)27(31)21-34-20-23-13-8-5-9-14-23/h4-17,26H,3,18-21H2,1-2H3,(H,29,32)/t26-/m0/s1. The van der Waals surface area contributed by atoms with E-state index in [1.807, 2.05) is 79.7 Å². The molecule has 0 heterocycles. The van der Waals surface area contributed by atoms with Gasteiger partial charge in [-0.1, -0.05) is 72.8 Å². The molecule has 3 aromatic rings. The number of nitrogens with one attached hydrogen (secondary N) is 1. The molecule has 6 heteroatoms. The van der Waals surface area contributed by atoms with Gasteiger partial charge in [0.2, 0.25) is 11.8 Å². The van der Waals surface area contributed by atoms with E-state index >= 15 is 0 Å². The summed E-state index contributed by atoms with van der Waals surface area (Å²) in [6.07, 6.45) is 0.450. The predicted octanol–water partition coefficient (Wildman–Crippen LogP) is 4.70. The third kappa shape index (κ3) is 7.66. The molecule has 0 aliphatic rings. The number of carbonyl (C=O) groups is 2. The van der Waals surface area contributed by atoms with E-state index in [-0.39, 0.29) is 11.8 Å². The fourth-order valence-corrected chi connectivity index (χ4v) is 4.60.